The predicted octanol–water partition coefficient (Wildman–Crippen LogP) is 6.83. The largest absolute Gasteiger partial charge is 0.269 e. The van der Waals surface area contributed by atoms with Crippen molar-refractivity contribution in [3.63, 3.8) is 0 Å². The van der Waals surface area contributed by atoms with E-state index in [0.29, 0.717) is 6.04 Å². The molecular weight excluding hydrogens is 312 g/mol. The number of thiophene rings is 1. The molecule has 1 aromatic carbocycles. The molecule has 3 heteroatoms. The van der Waals surface area contributed by atoms with E-state index >= 15 is 0 Å². The van der Waals surface area contributed by atoms with Crippen LogP contribution >= 0.6 is 11.3 Å². The number of hydrogen-bond donors (Lipinski definition) is 0. The summed E-state index contributed by atoms with van der Waals surface area (Å²) in [5.41, 5.74) is 3.56. The van der Waals surface area contributed by atoms with Crippen molar-refractivity contribution in [2.75, 3.05) is 0 Å². The zero-order chi connectivity index (χ0) is 18.1. The molecule has 0 aliphatic carbocycles. The third kappa shape index (κ3) is 5.97. The number of rotatable bonds is 2. The predicted molar refractivity (Wildman–Crippen MR) is 108 cm³/mol. The molecule has 0 radical (unpaired) electrons. The van der Waals surface area contributed by atoms with Crippen LogP contribution in [0.2, 0.25) is 0 Å². The molecule has 0 bridgehead atoms. The lowest BCUT2D eigenvalue weighted by Gasteiger charge is -2.02. The fourth-order valence-electron chi connectivity index (χ4n) is 2.20. The number of aromatic nitrogens is 2. The van der Waals surface area contributed by atoms with Crippen LogP contribution in [0.4, 0.5) is 0 Å². The van der Waals surface area contributed by atoms with E-state index in [1.807, 2.05) is 35.9 Å². The van der Waals surface area contributed by atoms with Crippen LogP contribution in [0.15, 0.2) is 48.7 Å². The molecule has 0 aliphatic heterocycles. The maximum absolute atomic E-state index is 4.50. The zero-order valence-electron chi connectivity index (χ0n) is 16.0. The molecule has 2 aromatic heterocycles. The number of benzene rings is 1. The van der Waals surface area contributed by atoms with Gasteiger partial charge in [0.1, 0.15) is 0 Å². The Morgan fingerprint density at radius 3 is 1.79 bits per heavy atom. The lowest BCUT2D eigenvalue weighted by atomic mass is 10.1. The molecule has 0 unspecified atom stereocenters. The van der Waals surface area contributed by atoms with Crippen molar-refractivity contribution in [1.29, 1.82) is 0 Å². The average molecular weight is 343 g/mol. The van der Waals surface area contributed by atoms with Gasteiger partial charge >= 0.3 is 0 Å². The second-order valence-electron chi connectivity index (χ2n) is 5.72. The Labute approximate surface area is 151 Å². The van der Waals surface area contributed by atoms with Crippen LogP contribution in [-0.2, 0) is 0 Å². The Morgan fingerprint density at radius 1 is 0.875 bits per heavy atom. The fraction of sp³-hybridized carbons (Fsp3) is 0.381. The Balaban J connectivity index is 0.000000268. The summed E-state index contributed by atoms with van der Waals surface area (Å²) in [4.78, 5) is 2.80. The van der Waals surface area contributed by atoms with Gasteiger partial charge in [-0.3, -0.25) is 4.68 Å². The summed E-state index contributed by atoms with van der Waals surface area (Å²) in [7, 11) is 0. The third-order valence-corrected chi connectivity index (χ3v) is 4.32. The number of hydrogen-bond acceptors (Lipinski definition) is 2. The van der Waals surface area contributed by atoms with Crippen LogP contribution in [-0.4, -0.2) is 9.78 Å². The van der Waals surface area contributed by atoms with Crippen molar-refractivity contribution in [3.8, 4) is 11.1 Å². The monoisotopic (exact) mass is 342 g/mol. The zero-order valence-corrected chi connectivity index (χ0v) is 16.8. The van der Waals surface area contributed by atoms with Gasteiger partial charge in [-0.1, -0.05) is 44.2 Å². The Kier molecular flexibility index (Phi) is 8.48. The minimum Gasteiger partial charge on any atom is -0.269 e. The lowest BCUT2D eigenvalue weighted by Crippen LogP contribution is -2.00. The fourth-order valence-corrected chi connectivity index (χ4v) is 2.98. The Morgan fingerprint density at radius 2 is 1.42 bits per heavy atom. The maximum atomic E-state index is 4.50. The highest BCUT2D eigenvalue weighted by atomic mass is 32.1. The lowest BCUT2D eigenvalue weighted by molar-refractivity contribution is 0.529. The minimum absolute atomic E-state index is 0.418. The highest BCUT2D eigenvalue weighted by Gasteiger charge is 2.08. The van der Waals surface area contributed by atoms with Crippen LogP contribution in [0.5, 0.6) is 0 Å². The van der Waals surface area contributed by atoms with Gasteiger partial charge in [0.05, 0.1) is 5.69 Å². The first kappa shape index (κ1) is 20.2. The van der Waals surface area contributed by atoms with Crippen LogP contribution in [0.1, 0.15) is 49.2 Å². The normalized spacial score (nSPS) is 9.83. The van der Waals surface area contributed by atoms with E-state index < -0.39 is 0 Å². The molecule has 130 valence electrons. The van der Waals surface area contributed by atoms with Gasteiger partial charge in [-0.2, -0.15) is 5.10 Å². The van der Waals surface area contributed by atoms with Crippen molar-refractivity contribution >= 4 is 11.3 Å². The smallest absolute Gasteiger partial charge is 0.0672 e. The van der Waals surface area contributed by atoms with E-state index in [0.717, 1.165) is 5.69 Å². The molecule has 0 saturated carbocycles. The summed E-state index contributed by atoms with van der Waals surface area (Å²) in [6, 6.07) is 15.1. The molecule has 3 rings (SSSR count). The first-order chi connectivity index (χ1) is 11.5. The van der Waals surface area contributed by atoms with E-state index in [9.17, 15) is 0 Å². The van der Waals surface area contributed by atoms with Crippen molar-refractivity contribution in [3.05, 3.63) is 64.1 Å². The van der Waals surface area contributed by atoms with Crippen LogP contribution in [0.25, 0.3) is 11.1 Å². The van der Waals surface area contributed by atoms with Crippen LogP contribution in [0, 0.1) is 20.8 Å². The first-order valence-electron chi connectivity index (χ1n) is 8.61. The molecule has 3 aromatic rings. The highest BCUT2D eigenvalue weighted by molar-refractivity contribution is 7.11. The van der Waals surface area contributed by atoms with E-state index in [2.05, 4.69) is 82.3 Å². The number of aryl methyl sites for hydroxylation is 3. The third-order valence-electron chi connectivity index (χ3n) is 3.41. The average Bonchev–Trinajstić information content (AvgIpc) is 3.16. The second kappa shape index (κ2) is 10.1. The van der Waals surface area contributed by atoms with Crippen molar-refractivity contribution in [2.24, 2.45) is 0 Å². The van der Waals surface area contributed by atoms with Gasteiger partial charge in [-0.15, -0.1) is 11.3 Å². The molecule has 0 aliphatic rings. The molecule has 0 fully saturated rings. The van der Waals surface area contributed by atoms with E-state index in [4.69, 9.17) is 0 Å². The van der Waals surface area contributed by atoms with Gasteiger partial charge in [0.2, 0.25) is 0 Å². The summed E-state index contributed by atoms with van der Waals surface area (Å²) in [5.74, 6) is 0. The molecule has 2 heterocycles. The Bertz CT molecular complexity index is 692. The van der Waals surface area contributed by atoms with Crippen LogP contribution < -0.4 is 0 Å². The molecule has 2 nitrogen and oxygen atoms in total. The van der Waals surface area contributed by atoms with Crippen molar-refractivity contribution in [1.82, 2.24) is 9.78 Å². The standard InChI is InChI=1S/C13H16N2.C6H8S.C2H6/c1-10(2)15-9-13(11(3)14-15)12-7-5-4-6-8-12;1-5-3-4-6(2)7-5;1-2/h4-10H,1-3H3;3-4H,1-2H3;1-2H3. The van der Waals surface area contributed by atoms with Gasteiger partial charge in [0.25, 0.3) is 0 Å². The van der Waals surface area contributed by atoms with Gasteiger partial charge < -0.3 is 0 Å². The Hall–Kier alpha value is -1.87. The molecule has 0 N–H and O–H groups in total. The van der Waals surface area contributed by atoms with Gasteiger partial charge in [0.15, 0.2) is 0 Å². The SMILES string of the molecule is CC.Cc1ccc(C)s1.Cc1nn(C(C)C)cc1-c1ccccc1. The van der Waals surface area contributed by atoms with Crippen LogP contribution in [0.3, 0.4) is 0 Å². The second-order valence-corrected chi connectivity index (χ2v) is 7.22. The summed E-state index contributed by atoms with van der Waals surface area (Å²) in [5, 5.41) is 4.50. The molecule has 0 atom stereocenters. The first-order valence-corrected chi connectivity index (χ1v) is 9.43. The quantitative estimate of drug-likeness (QED) is 0.499. The van der Waals surface area contributed by atoms with Crippen molar-refractivity contribution in [2.45, 2.75) is 54.5 Å². The summed E-state index contributed by atoms with van der Waals surface area (Å²) >= 11 is 1.84. The molecule has 24 heavy (non-hydrogen) atoms. The highest BCUT2D eigenvalue weighted by Crippen LogP contribution is 2.23. The molecule has 0 spiro atoms. The van der Waals surface area contributed by atoms with E-state index in [-0.39, 0.29) is 0 Å². The van der Waals surface area contributed by atoms with Gasteiger partial charge in [-0.25, -0.2) is 0 Å². The van der Waals surface area contributed by atoms with E-state index in [1.165, 1.54) is 20.9 Å². The minimum atomic E-state index is 0.418. The topological polar surface area (TPSA) is 17.8 Å². The molecular formula is C21H30N2S. The van der Waals surface area contributed by atoms with E-state index in [1.54, 1.807) is 0 Å². The summed E-state index contributed by atoms with van der Waals surface area (Å²) in [6.45, 7) is 14.6. The molecule has 0 saturated heterocycles. The summed E-state index contributed by atoms with van der Waals surface area (Å²) in [6.07, 6.45) is 2.12. The molecule has 0 amide bonds. The van der Waals surface area contributed by atoms with Gasteiger partial charge in [-0.05, 0) is 52.3 Å². The summed E-state index contributed by atoms with van der Waals surface area (Å²) < 4.78 is 2.01. The van der Waals surface area contributed by atoms with Gasteiger partial charge in [0, 0.05) is 27.6 Å². The number of nitrogens with zero attached hydrogens (tertiary/aromatic N) is 2. The van der Waals surface area contributed by atoms with Crippen molar-refractivity contribution < 1.29 is 0 Å². The maximum Gasteiger partial charge on any atom is 0.0672 e.